The predicted molar refractivity (Wildman–Crippen MR) is 85.0 cm³/mol. The molecule has 118 valence electrons. The first-order valence-corrected chi connectivity index (χ1v) is 8.60. The van der Waals surface area contributed by atoms with Crippen molar-refractivity contribution in [2.45, 2.75) is 46.5 Å². The second-order valence-electron chi connectivity index (χ2n) is 7.60. The van der Waals surface area contributed by atoms with Gasteiger partial charge in [-0.05, 0) is 62.6 Å². The molecule has 0 unspecified atom stereocenters. The van der Waals surface area contributed by atoms with E-state index in [0.717, 1.165) is 31.6 Å². The van der Waals surface area contributed by atoms with Crippen molar-refractivity contribution in [3.63, 3.8) is 0 Å². The minimum Gasteiger partial charge on any atom is -0.381 e. The number of nitrogens with zero attached hydrogens (tertiary/aromatic N) is 1. The second kappa shape index (κ2) is 7.77. The van der Waals surface area contributed by atoms with Crippen LogP contribution in [0.4, 0.5) is 0 Å². The van der Waals surface area contributed by atoms with Gasteiger partial charge in [0.05, 0.1) is 0 Å². The molecule has 0 radical (unpaired) electrons. The van der Waals surface area contributed by atoms with Gasteiger partial charge in [0.1, 0.15) is 0 Å². The van der Waals surface area contributed by atoms with Crippen LogP contribution >= 0.6 is 0 Å². The Morgan fingerprint density at radius 2 is 1.85 bits per heavy atom. The Bertz CT molecular complexity index is 266. The van der Waals surface area contributed by atoms with Crippen molar-refractivity contribution in [3.8, 4) is 0 Å². The number of nitrogens with one attached hydrogen (secondary N) is 1. The minimum atomic E-state index is 0.452. The highest BCUT2D eigenvalue weighted by atomic mass is 16.5. The summed E-state index contributed by atoms with van der Waals surface area (Å²) in [5.74, 6) is 1.67. The molecule has 0 saturated carbocycles. The maximum Gasteiger partial charge on any atom is 0.0472 e. The highest BCUT2D eigenvalue weighted by molar-refractivity contribution is 4.88. The third-order valence-electron chi connectivity index (χ3n) is 5.04. The van der Waals surface area contributed by atoms with E-state index >= 15 is 0 Å². The molecule has 2 aliphatic rings. The van der Waals surface area contributed by atoms with Crippen LogP contribution in [-0.2, 0) is 4.74 Å². The predicted octanol–water partition coefficient (Wildman–Crippen LogP) is 2.76. The first-order chi connectivity index (χ1) is 9.60. The maximum absolute atomic E-state index is 5.61. The standard InChI is InChI=1S/C17H34N2O/c1-15(2)12-18-13-17(6-10-20-11-7-17)14-19-8-4-16(3)5-9-19/h15-16,18H,4-14H2,1-3H3. The molecular weight excluding hydrogens is 248 g/mol. The lowest BCUT2D eigenvalue weighted by Gasteiger charge is -2.43. The smallest absolute Gasteiger partial charge is 0.0472 e. The lowest BCUT2D eigenvalue weighted by atomic mass is 9.79. The molecule has 0 aromatic carbocycles. The topological polar surface area (TPSA) is 24.5 Å². The fourth-order valence-electron chi connectivity index (χ4n) is 3.52. The molecule has 0 amide bonds. The van der Waals surface area contributed by atoms with Gasteiger partial charge in [-0.3, -0.25) is 0 Å². The van der Waals surface area contributed by atoms with Crippen LogP contribution in [0.15, 0.2) is 0 Å². The monoisotopic (exact) mass is 282 g/mol. The van der Waals surface area contributed by atoms with Crippen LogP contribution in [0.5, 0.6) is 0 Å². The van der Waals surface area contributed by atoms with Crippen molar-refractivity contribution in [2.75, 3.05) is 45.9 Å². The molecule has 0 spiro atoms. The van der Waals surface area contributed by atoms with Gasteiger partial charge in [0, 0.05) is 26.3 Å². The van der Waals surface area contributed by atoms with Crippen LogP contribution in [0.2, 0.25) is 0 Å². The van der Waals surface area contributed by atoms with E-state index in [9.17, 15) is 0 Å². The van der Waals surface area contributed by atoms with Gasteiger partial charge in [-0.1, -0.05) is 20.8 Å². The summed E-state index contributed by atoms with van der Waals surface area (Å²) in [6.07, 6.45) is 5.21. The molecule has 2 heterocycles. The molecule has 3 nitrogen and oxygen atoms in total. The summed E-state index contributed by atoms with van der Waals surface area (Å²) in [6, 6.07) is 0. The molecule has 2 aliphatic heterocycles. The largest absolute Gasteiger partial charge is 0.381 e. The lowest BCUT2D eigenvalue weighted by molar-refractivity contribution is -0.00938. The van der Waals surface area contributed by atoms with Crippen molar-refractivity contribution in [3.05, 3.63) is 0 Å². The Morgan fingerprint density at radius 3 is 2.45 bits per heavy atom. The molecule has 3 heteroatoms. The fourth-order valence-corrected chi connectivity index (χ4v) is 3.52. The number of likely N-dealkylation sites (tertiary alicyclic amines) is 1. The Labute approximate surface area is 125 Å². The number of piperidine rings is 1. The zero-order chi connectivity index (χ0) is 14.4. The van der Waals surface area contributed by atoms with E-state index in [0.29, 0.717) is 5.41 Å². The summed E-state index contributed by atoms with van der Waals surface area (Å²) in [4.78, 5) is 2.71. The lowest BCUT2D eigenvalue weighted by Crippen LogP contribution is -2.49. The molecule has 20 heavy (non-hydrogen) atoms. The summed E-state index contributed by atoms with van der Waals surface area (Å²) in [7, 11) is 0. The van der Waals surface area contributed by atoms with Crippen LogP contribution in [-0.4, -0.2) is 50.8 Å². The van der Waals surface area contributed by atoms with Crippen molar-refractivity contribution >= 4 is 0 Å². The molecule has 2 saturated heterocycles. The van der Waals surface area contributed by atoms with E-state index in [1.54, 1.807) is 0 Å². The van der Waals surface area contributed by atoms with Gasteiger partial charge in [-0.2, -0.15) is 0 Å². The number of hydrogen-bond acceptors (Lipinski definition) is 3. The Kier molecular flexibility index (Phi) is 6.31. The second-order valence-corrected chi connectivity index (χ2v) is 7.60. The number of ether oxygens (including phenoxy) is 1. The van der Waals surface area contributed by atoms with E-state index in [2.05, 4.69) is 31.0 Å². The average molecular weight is 282 g/mol. The van der Waals surface area contributed by atoms with Crippen LogP contribution in [0, 0.1) is 17.3 Å². The number of hydrogen-bond donors (Lipinski definition) is 1. The van der Waals surface area contributed by atoms with E-state index in [4.69, 9.17) is 4.74 Å². The minimum absolute atomic E-state index is 0.452. The summed E-state index contributed by atoms with van der Waals surface area (Å²) in [5.41, 5.74) is 0.452. The number of rotatable bonds is 6. The van der Waals surface area contributed by atoms with Crippen molar-refractivity contribution in [1.82, 2.24) is 10.2 Å². The highest BCUT2D eigenvalue weighted by Gasteiger charge is 2.34. The van der Waals surface area contributed by atoms with Gasteiger partial charge in [-0.25, -0.2) is 0 Å². The summed E-state index contributed by atoms with van der Waals surface area (Å²) in [6.45, 7) is 15.1. The molecule has 2 rings (SSSR count). The van der Waals surface area contributed by atoms with Crippen molar-refractivity contribution < 1.29 is 4.74 Å². The molecule has 0 aromatic heterocycles. The van der Waals surface area contributed by atoms with E-state index in [-0.39, 0.29) is 0 Å². The molecular formula is C17H34N2O. The normalized spacial score (nSPS) is 25.2. The molecule has 2 fully saturated rings. The molecule has 0 aliphatic carbocycles. The Morgan fingerprint density at radius 1 is 1.20 bits per heavy atom. The van der Waals surface area contributed by atoms with Crippen molar-refractivity contribution in [1.29, 1.82) is 0 Å². The van der Waals surface area contributed by atoms with Crippen molar-refractivity contribution in [2.24, 2.45) is 17.3 Å². The van der Waals surface area contributed by atoms with E-state index in [1.165, 1.54) is 51.9 Å². The van der Waals surface area contributed by atoms with Crippen LogP contribution in [0.1, 0.15) is 46.5 Å². The van der Waals surface area contributed by atoms with E-state index < -0.39 is 0 Å². The maximum atomic E-state index is 5.61. The summed E-state index contributed by atoms with van der Waals surface area (Å²) in [5, 5.41) is 3.71. The first-order valence-electron chi connectivity index (χ1n) is 8.60. The molecule has 0 aromatic rings. The third kappa shape index (κ3) is 5.01. The molecule has 1 N–H and O–H groups in total. The van der Waals surface area contributed by atoms with Gasteiger partial charge in [-0.15, -0.1) is 0 Å². The average Bonchev–Trinajstić information content (AvgIpc) is 2.42. The van der Waals surface area contributed by atoms with Gasteiger partial charge >= 0.3 is 0 Å². The zero-order valence-corrected chi connectivity index (χ0v) is 13.8. The van der Waals surface area contributed by atoms with Gasteiger partial charge in [0.2, 0.25) is 0 Å². The van der Waals surface area contributed by atoms with E-state index in [1.807, 2.05) is 0 Å². The molecule has 0 atom stereocenters. The van der Waals surface area contributed by atoms with Gasteiger partial charge in [0.25, 0.3) is 0 Å². The quantitative estimate of drug-likeness (QED) is 0.811. The van der Waals surface area contributed by atoms with Gasteiger partial charge < -0.3 is 15.0 Å². The van der Waals surface area contributed by atoms with Crippen LogP contribution in [0.3, 0.4) is 0 Å². The zero-order valence-electron chi connectivity index (χ0n) is 13.8. The molecule has 0 bridgehead atoms. The first kappa shape index (κ1) is 16.3. The summed E-state index contributed by atoms with van der Waals surface area (Å²) < 4.78 is 5.61. The van der Waals surface area contributed by atoms with Gasteiger partial charge in [0.15, 0.2) is 0 Å². The van der Waals surface area contributed by atoms with Crippen LogP contribution < -0.4 is 5.32 Å². The summed E-state index contributed by atoms with van der Waals surface area (Å²) >= 11 is 0. The Hall–Kier alpha value is -0.120. The SMILES string of the molecule is CC(C)CNCC1(CN2CCC(C)CC2)CCOCC1. The third-order valence-corrected chi connectivity index (χ3v) is 5.04. The fraction of sp³-hybridized carbons (Fsp3) is 1.00. The van der Waals surface area contributed by atoms with Crippen LogP contribution in [0.25, 0.3) is 0 Å². The highest BCUT2D eigenvalue weighted by Crippen LogP contribution is 2.32. The Balaban J connectivity index is 1.85.